The van der Waals surface area contributed by atoms with Gasteiger partial charge in [-0.3, -0.25) is 14.9 Å². The first-order valence-corrected chi connectivity index (χ1v) is 8.64. The molecular weight excluding hydrogens is 364 g/mol. The lowest BCUT2D eigenvalue weighted by Gasteiger charge is -2.06. The normalized spacial score (nSPS) is 10.6. The number of aryl methyl sites for hydroxylation is 1. The Bertz CT molecular complexity index is 1020. The van der Waals surface area contributed by atoms with Gasteiger partial charge in [0, 0.05) is 34.8 Å². The number of fused-ring (bicyclic) bond motifs is 1. The van der Waals surface area contributed by atoms with Crippen molar-refractivity contribution in [1.29, 1.82) is 0 Å². The second-order valence-corrected chi connectivity index (χ2v) is 6.02. The molecule has 0 saturated carbocycles. The number of ketones is 1. The highest BCUT2D eigenvalue weighted by Gasteiger charge is 2.16. The van der Waals surface area contributed by atoms with Gasteiger partial charge in [-0.2, -0.15) is 0 Å². The summed E-state index contributed by atoms with van der Waals surface area (Å²) in [5.41, 5.74) is 2.39. The van der Waals surface area contributed by atoms with E-state index < -0.39 is 24.1 Å². The smallest absolute Gasteiger partial charge is 0.344 e. The van der Waals surface area contributed by atoms with Gasteiger partial charge in [0.2, 0.25) is 5.78 Å². The zero-order chi connectivity index (χ0) is 20.1. The van der Waals surface area contributed by atoms with Crippen molar-refractivity contribution in [3.63, 3.8) is 0 Å². The van der Waals surface area contributed by atoms with E-state index in [1.54, 1.807) is 6.20 Å². The van der Waals surface area contributed by atoms with Gasteiger partial charge in [-0.05, 0) is 24.1 Å². The first kappa shape index (κ1) is 19.1. The number of ether oxygens (including phenoxy) is 2. The van der Waals surface area contributed by atoms with Crippen LogP contribution in [0.2, 0.25) is 0 Å². The molecule has 8 nitrogen and oxygen atoms in total. The van der Waals surface area contributed by atoms with E-state index in [0.717, 1.165) is 22.9 Å². The molecule has 0 aliphatic rings. The van der Waals surface area contributed by atoms with Crippen LogP contribution in [0.25, 0.3) is 10.9 Å². The predicted molar refractivity (Wildman–Crippen MR) is 102 cm³/mol. The van der Waals surface area contributed by atoms with Gasteiger partial charge in [-0.15, -0.1) is 0 Å². The lowest BCUT2D eigenvalue weighted by molar-refractivity contribution is -0.384. The van der Waals surface area contributed by atoms with E-state index in [1.807, 2.05) is 25.1 Å². The second kappa shape index (κ2) is 8.34. The summed E-state index contributed by atoms with van der Waals surface area (Å²) in [4.78, 5) is 37.4. The molecule has 0 radical (unpaired) electrons. The molecule has 0 fully saturated rings. The van der Waals surface area contributed by atoms with Gasteiger partial charge in [-0.25, -0.2) is 4.79 Å². The lowest BCUT2D eigenvalue weighted by Crippen LogP contribution is -2.19. The number of nitro groups is 1. The summed E-state index contributed by atoms with van der Waals surface area (Å²) in [7, 11) is 0. The fraction of sp³-hybridized carbons (Fsp3) is 0.200. The number of rotatable bonds is 8. The summed E-state index contributed by atoms with van der Waals surface area (Å²) >= 11 is 0. The zero-order valence-electron chi connectivity index (χ0n) is 15.1. The number of esters is 1. The molecule has 0 aliphatic carbocycles. The number of para-hydroxylation sites is 1. The molecule has 28 heavy (non-hydrogen) atoms. The third kappa shape index (κ3) is 4.17. The maximum Gasteiger partial charge on any atom is 0.344 e. The fourth-order valence-corrected chi connectivity index (χ4v) is 2.81. The molecule has 1 N–H and O–H groups in total. The Kier molecular flexibility index (Phi) is 5.69. The van der Waals surface area contributed by atoms with Gasteiger partial charge < -0.3 is 14.5 Å². The Labute approximate surface area is 160 Å². The first-order chi connectivity index (χ1) is 13.5. The number of nitro benzene ring substituents is 1. The molecular formula is C20H18N2O6. The van der Waals surface area contributed by atoms with Crippen molar-refractivity contribution < 1.29 is 24.0 Å². The average molecular weight is 382 g/mol. The van der Waals surface area contributed by atoms with Crippen LogP contribution in [-0.2, 0) is 16.0 Å². The molecule has 0 amide bonds. The van der Waals surface area contributed by atoms with Crippen molar-refractivity contribution in [2.45, 2.75) is 13.3 Å². The number of benzene rings is 2. The van der Waals surface area contributed by atoms with Gasteiger partial charge in [0.1, 0.15) is 5.75 Å². The molecule has 0 saturated heterocycles. The predicted octanol–water partition coefficient (Wildman–Crippen LogP) is 3.44. The second-order valence-electron chi connectivity index (χ2n) is 6.02. The zero-order valence-corrected chi connectivity index (χ0v) is 15.1. The number of aromatic amines is 1. The van der Waals surface area contributed by atoms with Crippen molar-refractivity contribution in [3.8, 4) is 5.75 Å². The van der Waals surface area contributed by atoms with Crippen LogP contribution < -0.4 is 4.74 Å². The SMILES string of the molecule is CCc1cccc2c(C(=O)COC(=O)COc3ccc([N+](=O)[O-])cc3)c[nH]c12. The van der Waals surface area contributed by atoms with Crippen LogP contribution in [0.4, 0.5) is 5.69 Å². The Balaban J connectivity index is 1.54. The molecule has 0 atom stereocenters. The molecule has 1 aromatic heterocycles. The van der Waals surface area contributed by atoms with E-state index in [0.29, 0.717) is 5.56 Å². The van der Waals surface area contributed by atoms with Crippen LogP contribution in [0.15, 0.2) is 48.7 Å². The van der Waals surface area contributed by atoms with Gasteiger partial charge in [0.05, 0.1) is 4.92 Å². The molecule has 0 aliphatic heterocycles. The summed E-state index contributed by atoms with van der Waals surface area (Å²) in [6, 6.07) is 11.0. The average Bonchev–Trinajstić information content (AvgIpc) is 3.15. The molecule has 3 rings (SSSR count). The third-order valence-electron chi connectivity index (χ3n) is 4.25. The third-order valence-corrected chi connectivity index (χ3v) is 4.25. The van der Waals surface area contributed by atoms with Gasteiger partial charge in [0.25, 0.3) is 5.69 Å². The molecule has 1 heterocycles. The van der Waals surface area contributed by atoms with Crippen LogP contribution in [0, 0.1) is 10.1 Å². The van der Waals surface area contributed by atoms with Crippen molar-refractivity contribution in [2.24, 2.45) is 0 Å². The number of non-ortho nitro benzene ring substituents is 1. The van der Waals surface area contributed by atoms with E-state index in [2.05, 4.69) is 4.98 Å². The van der Waals surface area contributed by atoms with Crippen molar-refractivity contribution in [2.75, 3.05) is 13.2 Å². The van der Waals surface area contributed by atoms with Crippen LogP contribution in [0.5, 0.6) is 5.75 Å². The van der Waals surface area contributed by atoms with Crippen molar-refractivity contribution >= 4 is 28.3 Å². The van der Waals surface area contributed by atoms with E-state index in [4.69, 9.17) is 9.47 Å². The van der Waals surface area contributed by atoms with Crippen LogP contribution in [0.1, 0.15) is 22.8 Å². The van der Waals surface area contributed by atoms with Crippen molar-refractivity contribution in [1.82, 2.24) is 4.98 Å². The van der Waals surface area contributed by atoms with E-state index in [9.17, 15) is 19.7 Å². The maximum atomic E-state index is 12.4. The minimum Gasteiger partial charge on any atom is -0.482 e. The highest BCUT2D eigenvalue weighted by Crippen LogP contribution is 2.22. The summed E-state index contributed by atoms with van der Waals surface area (Å²) in [5.74, 6) is -0.735. The standard InChI is InChI=1S/C20H18N2O6/c1-2-13-4-3-5-16-17(10-21-20(13)16)18(23)11-28-19(24)12-27-15-8-6-14(7-9-15)22(25)26/h3-10,21H,2,11-12H2,1H3. The van der Waals surface area contributed by atoms with E-state index in [-0.39, 0.29) is 17.2 Å². The highest BCUT2D eigenvalue weighted by molar-refractivity contribution is 6.09. The number of aromatic nitrogens is 1. The number of hydrogen-bond donors (Lipinski definition) is 1. The Morgan fingerprint density at radius 1 is 1.11 bits per heavy atom. The van der Waals surface area contributed by atoms with Crippen LogP contribution in [-0.4, -0.2) is 34.9 Å². The topological polar surface area (TPSA) is 112 Å². The minimum absolute atomic E-state index is 0.0783. The molecule has 8 heteroatoms. The fourth-order valence-electron chi connectivity index (χ4n) is 2.81. The number of hydrogen-bond acceptors (Lipinski definition) is 6. The van der Waals surface area contributed by atoms with Gasteiger partial charge >= 0.3 is 5.97 Å². The highest BCUT2D eigenvalue weighted by atomic mass is 16.6. The molecule has 2 aromatic carbocycles. The summed E-state index contributed by atoms with van der Waals surface area (Å²) < 4.78 is 10.2. The molecule has 144 valence electrons. The quantitative estimate of drug-likeness (QED) is 0.276. The molecule has 0 spiro atoms. The number of Topliss-reactive ketones (excluding diaryl/α,β-unsaturated/α-hetero) is 1. The van der Waals surface area contributed by atoms with Gasteiger partial charge in [-0.1, -0.05) is 25.1 Å². The number of nitrogens with zero attached hydrogens (tertiary/aromatic N) is 1. The first-order valence-electron chi connectivity index (χ1n) is 8.64. The molecule has 3 aromatic rings. The summed E-state index contributed by atoms with van der Waals surface area (Å²) in [6.45, 7) is 1.23. The largest absolute Gasteiger partial charge is 0.482 e. The maximum absolute atomic E-state index is 12.4. The monoisotopic (exact) mass is 382 g/mol. The van der Waals surface area contributed by atoms with E-state index in [1.165, 1.54) is 24.3 Å². The number of carbonyl (C=O) groups excluding carboxylic acids is 2. The Morgan fingerprint density at radius 2 is 1.86 bits per heavy atom. The number of carbonyl (C=O) groups is 2. The minimum atomic E-state index is -0.708. The lowest BCUT2D eigenvalue weighted by atomic mass is 10.1. The summed E-state index contributed by atoms with van der Waals surface area (Å²) in [6.07, 6.45) is 2.45. The van der Waals surface area contributed by atoms with Crippen LogP contribution >= 0.6 is 0 Å². The Hall–Kier alpha value is -3.68. The Morgan fingerprint density at radius 3 is 2.54 bits per heavy atom. The van der Waals surface area contributed by atoms with Gasteiger partial charge in [0.15, 0.2) is 13.2 Å². The number of nitrogens with one attached hydrogen (secondary N) is 1. The number of H-pyrrole nitrogens is 1. The molecule has 0 unspecified atom stereocenters. The van der Waals surface area contributed by atoms with Crippen molar-refractivity contribution in [3.05, 3.63) is 69.9 Å². The molecule has 0 bridgehead atoms. The summed E-state index contributed by atoms with van der Waals surface area (Å²) in [5, 5.41) is 11.4. The van der Waals surface area contributed by atoms with E-state index >= 15 is 0 Å². The van der Waals surface area contributed by atoms with Crippen LogP contribution in [0.3, 0.4) is 0 Å².